The summed E-state index contributed by atoms with van der Waals surface area (Å²) in [6.45, 7) is 4.34. The van der Waals surface area contributed by atoms with Crippen molar-refractivity contribution in [1.29, 1.82) is 0 Å². The Balaban J connectivity index is 0.000000869. The van der Waals surface area contributed by atoms with Gasteiger partial charge in [0, 0.05) is 44.5 Å². The zero-order chi connectivity index (χ0) is 33.4. The number of halogens is 1. The molecule has 0 atom stereocenters. The zero-order valence-corrected chi connectivity index (χ0v) is 28.9. The average Bonchev–Trinajstić information content (AvgIpc) is 3.08. The predicted octanol–water partition coefficient (Wildman–Crippen LogP) is 5.23. The van der Waals surface area contributed by atoms with Crippen LogP contribution in [0.15, 0.2) is 54.6 Å². The molecule has 0 spiro atoms. The maximum Gasteiger partial charge on any atom is 0.411 e. The van der Waals surface area contributed by atoms with Crippen LogP contribution in [0, 0.1) is 0 Å². The molecule has 2 aromatic rings. The Morgan fingerprint density at radius 3 is 2.00 bits per heavy atom. The lowest BCUT2D eigenvalue weighted by Crippen LogP contribution is -2.39. The van der Waals surface area contributed by atoms with Crippen molar-refractivity contribution in [3.8, 4) is 11.1 Å². The van der Waals surface area contributed by atoms with Crippen LogP contribution in [0.2, 0.25) is 0 Å². The van der Waals surface area contributed by atoms with Gasteiger partial charge < -0.3 is 29.7 Å². The number of benzene rings is 2. The van der Waals surface area contributed by atoms with Gasteiger partial charge in [0.1, 0.15) is 11.9 Å². The van der Waals surface area contributed by atoms with E-state index in [4.69, 9.17) is 4.74 Å². The fourth-order valence-electron chi connectivity index (χ4n) is 4.90. The monoisotopic (exact) mass is 676 g/mol. The Morgan fingerprint density at radius 2 is 1.38 bits per heavy atom. The summed E-state index contributed by atoms with van der Waals surface area (Å²) in [6.07, 6.45) is 5.91. The molecule has 1 saturated heterocycles. The first-order valence-corrected chi connectivity index (χ1v) is 16.2. The number of hydrogen-bond donors (Lipinski definition) is 3. The third-order valence-corrected chi connectivity index (χ3v) is 7.58. The number of piperidine rings is 1. The number of unbranched alkanes of at least 4 members (excludes halogenated alkanes) is 2. The van der Waals surface area contributed by atoms with Crippen LogP contribution in [0.3, 0.4) is 0 Å². The van der Waals surface area contributed by atoms with Crippen LogP contribution in [0.5, 0.6) is 0 Å². The minimum absolute atomic E-state index is 0. The lowest BCUT2D eigenvalue weighted by Gasteiger charge is -2.31. The van der Waals surface area contributed by atoms with Gasteiger partial charge in [0.2, 0.25) is 0 Å². The summed E-state index contributed by atoms with van der Waals surface area (Å²) in [5.41, 5.74) is 2.71. The lowest BCUT2D eigenvalue weighted by atomic mass is 10.0. The molecule has 3 rings (SSSR count). The van der Waals surface area contributed by atoms with E-state index in [2.05, 4.69) is 30.3 Å². The molecule has 1 amide bonds. The van der Waals surface area contributed by atoms with Crippen LogP contribution >= 0.6 is 12.4 Å². The van der Waals surface area contributed by atoms with E-state index < -0.39 is 6.09 Å². The van der Waals surface area contributed by atoms with E-state index in [-0.39, 0.29) is 36.2 Å². The molecule has 0 aliphatic carbocycles. The second kappa shape index (κ2) is 25.6. The Morgan fingerprint density at radius 1 is 0.787 bits per heavy atom. The lowest BCUT2D eigenvalue weighted by molar-refractivity contribution is -0.141. The number of ether oxygens (including phenoxy) is 3. The molecule has 0 bridgehead atoms. The molecule has 1 aliphatic rings. The summed E-state index contributed by atoms with van der Waals surface area (Å²) < 4.78 is 14.8. The number of hydrogen-bond acceptors (Lipinski definition) is 10. The molecule has 1 heterocycles. The van der Waals surface area contributed by atoms with Gasteiger partial charge in [-0.15, -0.1) is 12.4 Å². The Bertz CT molecular complexity index is 1180. The van der Waals surface area contributed by atoms with Gasteiger partial charge in [-0.1, -0.05) is 48.5 Å². The molecule has 47 heavy (non-hydrogen) atoms. The standard InChI is InChI=1S/C28H37N3O5.C7H15NO2.ClH/c1-35-27(33)13-7-8-17-29-21-23(32)14-18-31-19-15-24(16-20-31)36-28(34)30-26-12-6-5-11-25(26)22-9-3-2-4-10-22;1-8-6-4-3-5-7(9)10-2;/h2-6,9-12,24,29H,7-8,13-21H2,1H3,(H,30,34);8H,3-6H2,1-2H3;1H. The summed E-state index contributed by atoms with van der Waals surface area (Å²) >= 11 is 0. The van der Waals surface area contributed by atoms with Crippen LogP contribution in [-0.2, 0) is 28.6 Å². The van der Waals surface area contributed by atoms with Gasteiger partial charge in [0.15, 0.2) is 0 Å². The van der Waals surface area contributed by atoms with Crippen LogP contribution in [-0.4, -0.2) is 95.4 Å². The highest BCUT2D eigenvalue weighted by Gasteiger charge is 2.23. The highest BCUT2D eigenvalue weighted by molar-refractivity contribution is 5.91. The van der Waals surface area contributed by atoms with Crippen molar-refractivity contribution in [2.75, 3.05) is 65.9 Å². The molecule has 12 heteroatoms. The van der Waals surface area contributed by atoms with Crippen molar-refractivity contribution >= 4 is 41.9 Å². The molecule has 0 saturated carbocycles. The van der Waals surface area contributed by atoms with Gasteiger partial charge in [0.05, 0.1) is 26.5 Å². The maximum absolute atomic E-state index is 12.6. The number of amides is 1. The molecule has 0 unspecified atom stereocenters. The van der Waals surface area contributed by atoms with Gasteiger partial charge in [-0.2, -0.15) is 0 Å². The number of carbonyl (C=O) groups excluding carboxylic acids is 4. The molecule has 262 valence electrons. The quantitative estimate of drug-likeness (QED) is 0.109. The second-order valence-corrected chi connectivity index (χ2v) is 11.1. The number of nitrogens with one attached hydrogen (secondary N) is 3. The first-order valence-electron chi connectivity index (χ1n) is 16.2. The van der Waals surface area contributed by atoms with Crippen LogP contribution < -0.4 is 16.0 Å². The van der Waals surface area contributed by atoms with Crippen molar-refractivity contribution < 1.29 is 33.4 Å². The van der Waals surface area contributed by atoms with Crippen LogP contribution in [0.1, 0.15) is 57.8 Å². The fourth-order valence-corrected chi connectivity index (χ4v) is 4.90. The highest BCUT2D eigenvalue weighted by Crippen LogP contribution is 2.28. The fraction of sp³-hybridized carbons (Fsp3) is 0.543. The third kappa shape index (κ3) is 18.4. The Labute approximate surface area is 285 Å². The number of rotatable bonds is 18. The third-order valence-electron chi connectivity index (χ3n) is 7.58. The zero-order valence-electron chi connectivity index (χ0n) is 28.1. The number of anilines is 1. The minimum Gasteiger partial charge on any atom is -0.469 e. The van der Waals surface area contributed by atoms with E-state index in [0.717, 1.165) is 75.0 Å². The van der Waals surface area contributed by atoms with E-state index >= 15 is 0 Å². The minimum atomic E-state index is -0.440. The molecule has 1 aliphatic heterocycles. The molecular formula is C35H53ClN4O7. The van der Waals surface area contributed by atoms with Gasteiger partial charge in [-0.05, 0) is 70.3 Å². The highest BCUT2D eigenvalue weighted by atomic mass is 35.5. The SMILES string of the molecule is CNCCCCC(=O)OC.COC(=O)CCCCNCC(=O)CCN1CCC(OC(=O)Nc2ccccc2-c2ccccc2)CC1.Cl. The molecule has 2 aromatic carbocycles. The molecule has 0 aromatic heterocycles. The second-order valence-electron chi connectivity index (χ2n) is 11.1. The first kappa shape index (κ1) is 41.5. The number of methoxy groups -OCH3 is 2. The van der Waals surface area contributed by atoms with Crippen molar-refractivity contribution in [3.63, 3.8) is 0 Å². The van der Waals surface area contributed by atoms with Gasteiger partial charge in [-0.25, -0.2) is 4.79 Å². The molecular weight excluding hydrogens is 624 g/mol. The summed E-state index contributed by atoms with van der Waals surface area (Å²) in [7, 11) is 4.71. The van der Waals surface area contributed by atoms with Crippen molar-refractivity contribution in [1.82, 2.24) is 15.5 Å². The summed E-state index contributed by atoms with van der Waals surface area (Å²) in [5, 5.41) is 9.05. The van der Waals surface area contributed by atoms with Crippen molar-refractivity contribution in [2.24, 2.45) is 0 Å². The smallest absolute Gasteiger partial charge is 0.411 e. The van der Waals surface area contributed by atoms with Gasteiger partial charge in [0.25, 0.3) is 0 Å². The number of esters is 2. The summed E-state index contributed by atoms with van der Waals surface area (Å²) in [6, 6.07) is 17.6. The topological polar surface area (TPSA) is 135 Å². The molecule has 3 N–H and O–H groups in total. The van der Waals surface area contributed by atoms with E-state index in [1.54, 1.807) is 0 Å². The van der Waals surface area contributed by atoms with E-state index in [1.807, 2.05) is 61.6 Å². The normalized spacial score (nSPS) is 12.9. The van der Waals surface area contributed by atoms with Crippen molar-refractivity contribution in [3.05, 3.63) is 54.6 Å². The number of nitrogens with zero attached hydrogens (tertiary/aromatic N) is 1. The summed E-state index contributed by atoms with van der Waals surface area (Å²) in [4.78, 5) is 48.5. The molecule has 1 fully saturated rings. The maximum atomic E-state index is 12.6. The van der Waals surface area contributed by atoms with Crippen LogP contribution in [0.25, 0.3) is 11.1 Å². The largest absolute Gasteiger partial charge is 0.469 e. The average molecular weight is 677 g/mol. The number of carbonyl (C=O) groups is 4. The number of likely N-dealkylation sites (tertiary alicyclic amines) is 1. The number of ketones is 1. The number of para-hydroxylation sites is 1. The molecule has 0 radical (unpaired) electrons. The van der Waals surface area contributed by atoms with E-state index in [9.17, 15) is 19.2 Å². The molecule has 11 nitrogen and oxygen atoms in total. The first-order chi connectivity index (χ1) is 22.4. The predicted molar refractivity (Wildman–Crippen MR) is 187 cm³/mol. The Hall–Kier alpha value is -3.51. The van der Waals surface area contributed by atoms with E-state index in [1.165, 1.54) is 14.2 Å². The number of Topliss-reactive ketones (excluding diaryl/α,β-unsaturated/α-hetero) is 1. The summed E-state index contributed by atoms with van der Waals surface area (Å²) in [5.74, 6) is -0.136. The van der Waals surface area contributed by atoms with Crippen LogP contribution in [0.4, 0.5) is 10.5 Å². The van der Waals surface area contributed by atoms with Crippen molar-refractivity contribution in [2.45, 2.75) is 63.9 Å². The van der Waals surface area contributed by atoms with Gasteiger partial charge >= 0.3 is 18.0 Å². The Kier molecular flexibility index (Phi) is 22.6. The van der Waals surface area contributed by atoms with Gasteiger partial charge in [-0.3, -0.25) is 19.7 Å². The van der Waals surface area contributed by atoms with E-state index in [0.29, 0.717) is 38.9 Å².